The Morgan fingerprint density at radius 2 is 2.12 bits per heavy atom. The van der Waals surface area contributed by atoms with Crippen LogP contribution in [0.4, 0.5) is 0 Å². The number of rotatable bonds is 6. The van der Waals surface area contributed by atoms with Gasteiger partial charge in [-0.15, -0.1) is 0 Å². The number of aliphatic hydroxyl groups is 1. The van der Waals surface area contributed by atoms with Crippen LogP contribution in [-0.4, -0.2) is 48.3 Å². The highest BCUT2D eigenvalue weighted by Crippen LogP contribution is 2.32. The number of hydrogen-bond acceptors (Lipinski definition) is 3. The van der Waals surface area contributed by atoms with E-state index in [0.717, 1.165) is 24.9 Å². The van der Waals surface area contributed by atoms with E-state index in [1.165, 1.54) is 38.8 Å². The van der Waals surface area contributed by atoms with Crippen LogP contribution in [0.15, 0.2) is 0 Å². The van der Waals surface area contributed by atoms with Crippen molar-refractivity contribution in [1.29, 1.82) is 0 Å². The van der Waals surface area contributed by atoms with E-state index in [1.54, 1.807) is 0 Å². The first-order chi connectivity index (χ1) is 7.83. The van der Waals surface area contributed by atoms with Crippen LogP contribution in [-0.2, 0) is 0 Å². The normalized spacial score (nSPS) is 31.9. The molecule has 0 spiro atoms. The SMILES string of the molecule is CCNC1CC(CCCO)CN(C2CC2)C1. The van der Waals surface area contributed by atoms with E-state index in [1.807, 2.05) is 0 Å². The summed E-state index contributed by atoms with van der Waals surface area (Å²) in [5.41, 5.74) is 0. The zero-order chi connectivity index (χ0) is 11.4. The van der Waals surface area contributed by atoms with Gasteiger partial charge >= 0.3 is 0 Å². The third-order valence-corrected chi connectivity index (χ3v) is 3.89. The second-order valence-corrected chi connectivity index (χ2v) is 5.41. The highest BCUT2D eigenvalue weighted by Gasteiger charge is 2.35. The molecule has 0 amide bonds. The number of nitrogens with zero attached hydrogens (tertiary/aromatic N) is 1. The lowest BCUT2D eigenvalue weighted by Crippen LogP contribution is -2.50. The predicted octanol–water partition coefficient (Wildman–Crippen LogP) is 1.22. The van der Waals surface area contributed by atoms with Crippen molar-refractivity contribution in [2.45, 2.75) is 51.1 Å². The Kier molecular flexibility index (Phi) is 4.62. The lowest BCUT2D eigenvalue weighted by Gasteiger charge is -2.38. The van der Waals surface area contributed by atoms with E-state index < -0.39 is 0 Å². The van der Waals surface area contributed by atoms with Crippen LogP contribution in [0.1, 0.15) is 39.0 Å². The fraction of sp³-hybridized carbons (Fsp3) is 1.00. The van der Waals surface area contributed by atoms with Crippen molar-refractivity contribution in [1.82, 2.24) is 10.2 Å². The minimum Gasteiger partial charge on any atom is -0.396 e. The second kappa shape index (κ2) is 5.99. The predicted molar refractivity (Wildman–Crippen MR) is 66.5 cm³/mol. The van der Waals surface area contributed by atoms with E-state index in [-0.39, 0.29) is 0 Å². The molecule has 1 aliphatic heterocycles. The van der Waals surface area contributed by atoms with Gasteiger partial charge in [0, 0.05) is 31.8 Å². The van der Waals surface area contributed by atoms with Crippen molar-refractivity contribution in [2.75, 3.05) is 26.2 Å². The molecule has 0 bridgehead atoms. The zero-order valence-electron chi connectivity index (χ0n) is 10.5. The molecule has 3 nitrogen and oxygen atoms in total. The van der Waals surface area contributed by atoms with Crippen LogP contribution in [0.2, 0.25) is 0 Å². The Labute approximate surface area is 99.2 Å². The van der Waals surface area contributed by atoms with Gasteiger partial charge in [-0.3, -0.25) is 4.90 Å². The van der Waals surface area contributed by atoms with Crippen molar-refractivity contribution in [3.05, 3.63) is 0 Å². The van der Waals surface area contributed by atoms with Gasteiger partial charge in [-0.05, 0) is 44.6 Å². The summed E-state index contributed by atoms with van der Waals surface area (Å²) in [7, 11) is 0. The van der Waals surface area contributed by atoms with E-state index >= 15 is 0 Å². The molecule has 1 saturated carbocycles. The Morgan fingerprint density at radius 3 is 2.75 bits per heavy atom. The first kappa shape index (κ1) is 12.3. The summed E-state index contributed by atoms with van der Waals surface area (Å²) in [6.07, 6.45) is 6.29. The van der Waals surface area contributed by atoms with Gasteiger partial charge in [0.1, 0.15) is 0 Å². The van der Waals surface area contributed by atoms with Crippen molar-refractivity contribution in [2.24, 2.45) is 5.92 Å². The first-order valence-corrected chi connectivity index (χ1v) is 6.91. The topological polar surface area (TPSA) is 35.5 Å². The molecule has 94 valence electrons. The summed E-state index contributed by atoms with van der Waals surface area (Å²) in [6.45, 7) is 6.14. The van der Waals surface area contributed by atoms with Gasteiger partial charge in [-0.25, -0.2) is 0 Å². The van der Waals surface area contributed by atoms with Gasteiger partial charge in [-0.1, -0.05) is 6.92 Å². The molecule has 2 N–H and O–H groups in total. The van der Waals surface area contributed by atoms with Gasteiger partial charge in [0.05, 0.1) is 0 Å². The highest BCUT2D eigenvalue weighted by atomic mass is 16.2. The number of likely N-dealkylation sites (N-methyl/N-ethyl adjacent to an activating group) is 1. The van der Waals surface area contributed by atoms with Crippen LogP contribution in [0.25, 0.3) is 0 Å². The second-order valence-electron chi connectivity index (χ2n) is 5.41. The molecule has 2 atom stereocenters. The van der Waals surface area contributed by atoms with E-state index in [9.17, 15) is 0 Å². The summed E-state index contributed by atoms with van der Waals surface area (Å²) in [5.74, 6) is 0.797. The quantitative estimate of drug-likeness (QED) is 0.715. The molecule has 0 radical (unpaired) electrons. The molecule has 2 rings (SSSR count). The van der Waals surface area contributed by atoms with Gasteiger partial charge < -0.3 is 10.4 Å². The maximum absolute atomic E-state index is 8.92. The van der Waals surface area contributed by atoms with Crippen molar-refractivity contribution < 1.29 is 5.11 Å². The third kappa shape index (κ3) is 3.44. The summed E-state index contributed by atoms with van der Waals surface area (Å²) in [4.78, 5) is 2.68. The van der Waals surface area contributed by atoms with Crippen LogP contribution in [0.3, 0.4) is 0 Å². The summed E-state index contributed by atoms with van der Waals surface area (Å²) in [6, 6.07) is 1.57. The van der Waals surface area contributed by atoms with Gasteiger partial charge in [0.25, 0.3) is 0 Å². The fourth-order valence-electron chi connectivity index (χ4n) is 3.00. The minimum absolute atomic E-state index is 0.353. The molecule has 2 aliphatic rings. The molecule has 1 saturated heterocycles. The van der Waals surface area contributed by atoms with Gasteiger partial charge in [0.2, 0.25) is 0 Å². The molecule has 2 unspecified atom stereocenters. The van der Waals surface area contributed by atoms with Crippen molar-refractivity contribution in [3.63, 3.8) is 0 Å². The number of aliphatic hydroxyl groups excluding tert-OH is 1. The molecule has 16 heavy (non-hydrogen) atoms. The molecule has 3 heteroatoms. The van der Waals surface area contributed by atoms with E-state index in [0.29, 0.717) is 12.6 Å². The first-order valence-electron chi connectivity index (χ1n) is 6.91. The van der Waals surface area contributed by atoms with E-state index in [2.05, 4.69) is 17.1 Å². The van der Waals surface area contributed by atoms with Crippen LogP contribution >= 0.6 is 0 Å². The minimum atomic E-state index is 0.353. The monoisotopic (exact) mass is 226 g/mol. The molecule has 0 aromatic rings. The van der Waals surface area contributed by atoms with Crippen molar-refractivity contribution in [3.8, 4) is 0 Å². The molecular formula is C13H26N2O. The maximum Gasteiger partial charge on any atom is 0.0431 e. The summed E-state index contributed by atoms with van der Waals surface area (Å²) < 4.78 is 0. The number of nitrogens with one attached hydrogen (secondary N) is 1. The van der Waals surface area contributed by atoms with E-state index in [4.69, 9.17) is 5.11 Å². The summed E-state index contributed by atoms with van der Waals surface area (Å²) in [5, 5.41) is 12.5. The summed E-state index contributed by atoms with van der Waals surface area (Å²) >= 11 is 0. The lowest BCUT2D eigenvalue weighted by molar-refractivity contribution is 0.124. The maximum atomic E-state index is 8.92. The fourth-order valence-corrected chi connectivity index (χ4v) is 3.00. The van der Waals surface area contributed by atoms with Crippen LogP contribution < -0.4 is 5.32 Å². The average molecular weight is 226 g/mol. The third-order valence-electron chi connectivity index (χ3n) is 3.89. The molecule has 0 aromatic heterocycles. The molecule has 2 fully saturated rings. The largest absolute Gasteiger partial charge is 0.396 e. The molecular weight excluding hydrogens is 200 g/mol. The molecule has 1 heterocycles. The number of piperidine rings is 1. The average Bonchev–Trinajstić information content (AvgIpc) is 3.10. The smallest absolute Gasteiger partial charge is 0.0431 e. The van der Waals surface area contributed by atoms with Gasteiger partial charge in [0.15, 0.2) is 0 Å². The Hall–Kier alpha value is -0.120. The van der Waals surface area contributed by atoms with Crippen LogP contribution in [0.5, 0.6) is 0 Å². The standard InChI is InChI=1S/C13H26N2O/c1-2-14-12-8-11(4-3-7-16)9-15(10-12)13-5-6-13/h11-14,16H,2-10H2,1H3. The number of hydrogen-bond donors (Lipinski definition) is 2. The van der Waals surface area contributed by atoms with Gasteiger partial charge in [-0.2, -0.15) is 0 Å². The number of likely N-dealkylation sites (tertiary alicyclic amines) is 1. The van der Waals surface area contributed by atoms with Crippen LogP contribution in [0, 0.1) is 5.92 Å². The Bertz CT molecular complexity index is 206. The Balaban J connectivity index is 1.82. The van der Waals surface area contributed by atoms with Crippen molar-refractivity contribution >= 4 is 0 Å². The molecule has 1 aliphatic carbocycles. The Morgan fingerprint density at radius 1 is 1.31 bits per heavy atom. The molecule has 0 aromatic carbocycles. The lowest BCUT2D eigenvalue weighted by atomic mass is 9.90. The highest BCUT2D eigenvalue weighted by molar-refractivity contribution is 4.92. The zero-order valence-corrected chi connectivity index (χ0v) is 10.5.